The molecule has 0 fully saturated rings. The van der Waals surface area contributed by atoms with Gasteiger partial charge in [0.15, 0.2) is 5.84 Å². The third-order valence-corrected chi connectivity index (χ3v) is 3.18. The summed E-state index contributed by atoms with van der Waals surface area (Å²) in [6.45, 7) is 3.75. The monoisotopic (exact) mass is 343 g/mol. The van der Waals surface area contributed by atoms with Gasteiger partial charge in [-0.25, -0.2) is 4.99 Å². The number of nitrogens with zero attached hydrogens (tertiary/aromatic N) is 2. The maximum atomic E-state index is 10.0. The minimum Gasteiger partial charge on any atom is -0.508 e. The molecule has 0 aliphatic rings. The topological polar surface area (TPSA) is 141 Å². The molecule has 8 nitrogen and oxygen atoms in total. The molecule has 2 rings (SSSR count). The molecular weight excluding hydrogens is 326 g/mol. The van der Waals surface area contributed by atoms with E-state index in [1.54, 1.807) is 0 Å². The van der Waals surface area contributed by atoms with Crippen molar-refractivity contribution in [3.63, 3.8) is 0 Å². The van der Waals surface area contributed by atoms with Gasteiger partial charge in [0.2, 0.25) is 0 Å². The van der Waals surface area contributed by atoms with E-state index in [0.717, 1.165) is 12.1 Å². The molecule has 0 atom stereocenters. The molecule has 0 bridgehead atoms. The predicted molar refractivity (Wildman–Crippen MR) is 93.7 cm³/mol. The molecule has 8 heteroatoms. The summed E-state index contributed by atoms with van der Waals surface area (Å²) in [5.74, 6) is -0.814. The molecule has 0 spiro atoms. The molecule has 0 aliphatic heterocycles. The fourth-order valence-electron chi connectivity index (χ4n) is 1.96. The number of benzene rings is 2. The van der Waals surface area contributed by atoms with Gasteiger partial charge in [-0.1, -0.05) is 6.58 Å². The van der Waals surface area contributed by atoms with Crippen LogP contribution in [0.3, 0.4) is 0 Å². The Morgan fingerprint density at radius 3 is 1.92 bits per heavy atom. The van der Waals surface area contributed by atoms with Crippen molar-refractivity contribution in [1.82, 2.24) is 0 Å². The first-order chi connectivity index (χ1) is 11.8. The number of aliphatic imine (C=N–C) groups is 2. The second kappa shape index (κ2) is 7.26. The van der Waals surface area contributed by atoms with Crippen LogP contribution in [0.15, 0.2) is 53.0 Å². The van der Waals surface area contributed by atoms with Gasteiger partial charge in [0.25, 0.3) is 6.02 Å². The number of phenolic OH excluding ortho intramolecular Hbond substituents is 4. The first kappa shape index (κ1) is 17.7. The highest BCUT2D eigenvalue weighted by atomic mass is 16.5. The van der Waals surface area contributed by atoms with Crippen LogP contribution in [0.2, 0.25) is 0 Å². The number of hydrogen-bond donors (Lipinski definition) is 5. The van der Waals surface area contributed by atoms with E-state index >= 15 is 0 Å². The van der Waals surface area contributed by atoms with Gasteiger partial charge in [0.1, 0.15) is 23.0 Å². The lowest BCUT2D eigenvalue weighted by molar-refractivity contribution is 0.397. The van der Waals surface area contributed by atoms with Crippen molar-refractivity contribution in [1.29, 1.82) is 0 Å². The quantitative estimate of drug-likeness (QED) is 0.426. The Morgan fingerprint density at radius 1 is 0.920 bits per heavy atom. The van der Waals surface area contributed by atoms with Crippen molar-refractivity contribution in [2.45, 2.75) is 0 Å². The summed E-state index contributed by atoms with van der Waals surface area (Å²) < 4.78 is 4.80. The van der Waals surface area contributed by atoms with E-state index in [-0.39, 0.29) is 51.7 Å². The number of nitrogens with two attached hydrogens (primary N) is 1. The Labute approximate surface area is 143 Å². The Kier molecular flexibility index (Phi) is 5.13. The van der Waals surface area contributed by atoms with Crippen LogP contribution in [0, 0.1) is 0 Å². The number of hydrogen-bond acceptors (Lipinski definition) is 6. The second-order valence-corrected chi connectivity index (χ2v) is 4.94. The molecule has 2 aromatic carbocycles. The molecule has 0 radical (unpaired) electrons. The SMILES string of the molecule is C=C(/N=C(\N=C(/N)OC)c1ccc(O)cc1O)c1ccc(O)cc1O. The molecular formula is C17H17N3O5. The van der Waals surface area contributed by atoms with Gasteiger partial charge in [-0.2, -0.15) is 4.99 Å². The number of aromatic hydroxyl groups is 4. The third-order valence-electron chi connectivity index (χ3n) is 3.18. The Balaban J connectivity index is 2.54. The van der Waals surface area contributed by atoms with E-state index < -0.39 is 0 Å². The van der Waals surface area contributed by atoms with Gasteiger partial charge in [0, 0.05) is 17.7 Å². The van der Waals surface area contributed by atoms with E-state index in [0.29, 0.717) is 0 Å². The molecule has 0 amide bonds. The largest absolute Gasteiger partial charge is 0.508 e. The first-order valence-electron chi connectivity index (χ1n) is 7.02. The minimum absolute atomic E-state index is 0.0469. The van der Waals surface area contributed by atoms with Crippen LogP contribution < -0.4 is 5.73 Å². The zero-order valence-corrected chi connectivity index (χ0v) is 13.3. The smallest absolute Gasteiger partial charge is 0.288 e. The first-order valence-corrected chi connectivity index (χ1v) is 7.02. The van der Waals surface area contributed by atoms with Crippen molar-refractivity contribution >= 4 is 17.6 Å². The summed E-state index contributed by atoms with van der Waals surface area (Å²) >= 11 is 0. The highest BCUT2D eigenvalue weighted by molar-refractivity contribution is 6.08. The summed E-state index contributed by atoms with van der Waals surface area (Å²) in [5, 5.41) is 38.7. The summed E-state index contributed by atoms with van der Waals surface area (Å²) in [6, 6.07) is 7.55. The molecule has 6 N–H and O–H groups in total. The van der Waals surface area contributed by atoms with E-state index in [1.165, 1.54) is 31.4 Å². The van der Waals surface area contributed by atoms with Crippen LogP contribution in [0.1, 0.15) is 11.1 Å². The van der Waals surface area contributed by atoms with Gasteiger partial charge < -0.3 is 30.9 Å². The fraction of sp³-hybridized carbons (Fsp3) is 0.0588. The molecule has 0 saturated carbocycles. The number of ether oxygens (including phenoxy) is 1. The Bertz CT molecular complexity index is 875. The average molecular weight is 343 g/mol. The van der Waals surface area contributed by atoms with Crippen molar-refractivity contribution < 1.29 is 25.2 Å². The van der Waals surface area contributed by atoms with E-state index in [9.17, 15) is 20.4 Å². The third kappa shape index (κ3) is 4.20. The van der Waals surface area contributed by atoms with Crippen LogP contribution in [0.5, 0.6) is 23.0 Å². The Morgan fingerprint density at radius 2 is 1.44 bits per heavy atom. The highest BCUT2D eigenvalue weighted by Gasteiger charge is 2.13. The lowest BCUT2D eigenvalue weighted by atomic mass is 10.1. The molecule has 0 unspecified atom stereocenters. The van der Waals surface area contributed by atoms with Gasteiger partial charge in [0.05, 0.1) is 18.4 Å². The van der Waals surface area contributed by atoms with Gasteiger partial charge >= 0.3 is 0 Å². The highest BCUT2D eigenvalue weighted by Crippen LogP contribution is 2.30. The van der Waals surface area contributed by atoms with Crippen molar-refractivity contribution in [2.24, 2.45) is 15.7 Å². The summed E-state index contributed by atoms with van der Waals surface area (Å²) in [5.41, 5.74) is 6.08. The van der Waals surface area contributed by atoms with Crippen molar-refractivity contribution in [2.75, 3.05) is 7.11 Å². The summed E-state index contributed by atoms with van der Waals surface area (Å²) in [7, 11) is 1.31. The second-order valence-electron chi connectivity index (χ2n) is 4.94. The zero-order chi connectivity index (χ0) is 18.6. The molecule has 0 heterocycles. The van der Waals surface area contributed by atoms with Crippen molar-refractivity contribution in [3.05, 3.63) is 54.1 Å². The van der Waals surface area contributed by atoms with Gasteiger partial charge in [-0.05, 0) is 24.3 Å². The molecule has 130 valence electrons. The average Bonchev–Trinajstić information content (AvgIpc) is 2.54. The van der Waals surface area contributed by atoms with Crippen LogP contribution in [0.25, 0.3) is 5.70 Å². The Hall–Kier alpha value is -3.68. The summed E-state index contributed by atoms with van der Waals surface area (Å²) in [4.78, 5) is 8.13. The minimum atomic E-state index is -0.283. The van der Waals surface area contributed by atoms with Gasteiger partial charge in [-0.15, -0.1) is 0 Å². The standard InChI is InChI=1S/C17H17N3O5/c1-9(12-5-3-10(21)7-14(12)23)19-16(20-17(18)25-2)13-6-4-11(22)8-15(13)24/h3-8,21-24H,1H2,2H3,(H2,18,19,20). The van der Waals surface area contributed by atoms with Gasteiger partial charge in [-0.3, -0.25) is 0 Å². The van der Waals surface area contributed by atoms with Crippen LogP contribution in [-0.2, 0) is 4.74 Å². The van der Waals surface area contributed by atoms with Crippen LogP contribution in [-0.4, -0.2) is 39.4 Å². The van der Waals surface area contributed by atoms with Crippen LogP contribution >= 0.6 is 0 Å². The summed E-state index contributed by atoms with van der Waals surface area (Å²) in [6.07, 6.45) is 0. The number of amidine groups is 2. The van der Waals surface area contributed by atoms with E-state index in [4.69, 9.17) is 10.5 Å². The lowest BCUT2D eigenvalue weighted by Crippen LogP contribution is -2.16. The van der Waals surface area contributed by atoms with E-state index in [1.807, 2.05) is 0 Å². The maximum Gasteiger partial charge on any atom is 0.288 e. The molecule has 0 saturated heterocycles. The molecule has 25 heavy (non-hydrogen) atoms. The van der Waals surface area contributed by atoms with E-state index in [2.05, 4.69) is 16.6 Å². The number of methoxy groups -OCH3 is 1. The molecule has 0 aromatic heterocycles. The number of rotatable bonds is 3. The van der Waals surface area contributed by atoms with Crippen LogP contribution in [0.4, 0.5) is 0 Å². The maximum absolute atomic E-state index is 10.0. The fourth-order valence-corrected chi connectivity index (χ4v) is 1.96. The molecule has 0 aliphatic carbocycles. The zero-order valence-electron chi connectivity index (χ0n) is 13.3. The predicted octanol–water partition coefficient (Wildman–Crippen LogP) is 1.89. The number of phenols is 4. The lowest BCUT2D eigenvalue weighted by Gasteiger charge is -2.09. The van der Waals surface area contributed by atoms with Crippen molar-refractivity contribution in [3.8, 4) is 23.0 Å². The normalized spacial score (nSPS) is 12.0. The molecule has 2 aromatic rings.